The Bertz CT molecular complexity index is 273. The van der Waals surface area contributed by atoms with Gasteiger partial charge in [0, 0.05) is 13.1 Å². The number of amides is 2. The van der Waals surface area contributed by atoms with Crippen LogP contribution in [-0.4, -0.2) is 35.8 Å². The van der Waals surface area contributed by atoms with Gasteiger partial charge in [-0.15, -0.1) is 12.4 Å². The summed E-state index contributed by atoms with van der Waals surface area (Å²) in [7, 11) is 0. The molecule has 5 nitrogen and oxygen atoms in total. The van der Waals surface area contributed by atoms with Crippen molar-refractivity contribution in [3.8, 4) is 0 Å². The molecule has 1 saturated heterocycles. The third-order valence-corrected chi connectivity index (χ3v) is 3.07. The Morgan fingerprint density at radius 3 is 2.59 bits per heavy atom. The van der Waals surface area contributed by atoms with E-state index in [9.17, 15) is 9.59 Å². The fourth-order valence-electron chi connectivity index (χ4n) is 2.02. The summed E-state index contributed by atoms with van der Waals surface area (Å²) in [4.78, 5) is 24.3. The summed E-state index contributed by atoms with van der Waals surface area (Å²) in [6, 6.07) is -0.772. The highest BCUT2D eigenvalue weighted by atomic mass is 35.5. The zero-order chi connectivity index (χ0) is 12.1. The van der Waals surface area contributed by atoms with Crippen molar-refractivity contribution in [2.24, 2.45) is 17.4 Å². The summed E-state index contributed by atoms with van der Waals surface area (Å²) in [5, 5.41) is 0. The fourth-order valence-corrected chi connectivity index (χ4v) is 2.02. The molecule has 17 heavy (non-hydrogen) atoms. The molecule has 0 bridgehead atoms. The first-order valence-corrected chi connectivity index (χ1v) is 5.83. The summed E-state index contributed by atoms with van der Waals surface area (Å²) < 4.78 is 0. The molecule has 6 heteroatoms. The number of rotatable bonds is 3. The third kappa shape index (κ3) is 5.37. The van der Waals surface area contributed by atoms with Gasteiger partial charge >= 0.3 is 0 Å². The average Bonchev–Trinajstić information content (AvgIpc) is 2.41. The molecule has 100 valence electrons. The van der Waals surface area contributed by atoms with E-state index >= 15 is 0 Å². The van der Waals surface area contributed by atoms with E-state index in [2.05, 4.69) is 6.92 Å². The van der Waals surface area contributed by atoms with Gasteiger partial charge in [-0.25, -0.2) is 0 Å². The van der Waals surface area contributed by atoms with Crippen molar-refractivity contribution in [3.05, 3.63) is 0 Å². The van der Waals surface area contributed by atoms with Crippen LogP contribution in [0.3, 0.4) is 0 Å². The van der Waals surface area contributed by atoms with Crippen LogP contribution in [0.1, 0.15) is 32.6 Å². The molecule has 2 atom stereocenters. The lowest BCUT2D eigenvalue weighted by atomic mass is 10.0. The molecule has 4 N–H and O–H groups in total. The van der Waals surface area contributed by atoms with Crippen LogP contribution < -0.4 is 11.5 Å². The van der Waals surface area contributed by atoms with E-state index in [0.29, 0.717) is 5.92 Å². The Labute approximate surface area is 108 Å². The van der Waals surface area contributed by atoms with Crippen molar-refractivity contribution < 1.29 is 9.59 Å². The lowest BCUT2D eigenvalue weighted by molar-refractivity contribution is -0.134. The summed E-state index contributed by atoms with van der Waals surface area (Å²) >= 11 is 0. The van der Waals surface area contributed by atoms with Crippen molar-refractivity contribution in [1.82, 2.24) is 4.90 Å². The number of primary amides is 1. The number of carbonyl (C=O) groups is 2. The minimum atomic E-state index is -0.772. The van der Waals surface area contributed by atoms with E-state index in [1.165, 1.54) is 0 Å². The molecule has 0 aliphatic carbocycles. The molecule has 1 aliphatic rings. The number of hydrogen-bond donors (Lipinski definition) is 2. The van der Waals surface area contributed by atoms with Gasteiger partial charge in [0.15, 0.2) is 0 Å². The number of carbonyl (C=O) groups excluding carboxylic acids is 2. The largest absolute Gasteiger partial charge is 0.370 e. The molecule has 1 aliphatic heterocycles. The molecular weight excluding hydrogens is 242 g/mol. The predicted molar refractivity (Wildman–Crippen MR) is 68.6 cm³/mol. The highest BCUT2D eigenvalue weighted by Crippen LogP contribution is 2.17. The Kier molecular flexibility index (Phi) is 7.15. The molecule has 0 radical (unpaired) electrons. The Morgan fingerprint density at radius 2 is 2.00 bits per heavy atom. The first-order valence-electron chi connectivity index (χ1n) is 5.83. The van der Waals surface area contributed by atoms with Gasteiger partial charge in [0.2, 0.25) is 11.8 Å². The predicted octanol–water partition coefficient (Wildman–Crippen LogP) is 0.260. The fraction of sp³-hybridized carbons (Fsp3) is 0.818. The Morgan fingerprint density at radius 1 is 1.35 bits per heavy atom. The van der Waals surface area contributed by atoms with Crippen LogP contribution in [0.5, 0.6) is 0 Å². The molecule has 2 amide bonds. The minimum absolute atomic E-state index is 0. The Balaban J connectivity index is 0.00000256. The summed E-state index contributed by atoms with van der Waals surface area (Å²) in [6.45, 7) is 3.68. The number of halogens is 1. The highest BCUT2D eigenvalue weighted by molar-refractivity contribution is 5.87. The maximum Gasteiger partial charge on any atom is 0.240 e. The van der Waals surface area contributed by atoms with Crippen LogP contribution in [0.2, 0.25) is 0 Å². The quantitative estimate of drug-likeness (QED) is 0.765. The lowest BCUT2D eigenvalue weighted by Gasteiger charge is -2.23. The molecule has 0 aromatic rings. The van der Waals surface area contributed by atoms with Gasteiger partial charge in [0.05, 0.1) is 12.5 Å². The van der Waals surface area contributed by atoms with Crippen molar-refractivity contribution in [2.45, 2.75) is 38.6 Å². The van der Waals surface area contributed by atoms with Crippen LogP contribution in [0.25, 0.3) is 0 Å². The number of nitrogens with two attached hydrogens (primary N) is 2. The highest BCUT2D eigenvalue weighted by Gasteiger charge is 2.24. The first-order chi connectivity index (χ1) is 7.50. The maximum atomic E-state index is 11.9. The SMILES string of the molecule is CC1CCCN(C(=O)C(N)CC(N)=O)CC1.Cl. The van der Waals surface area contributed by atoms with Gasteiger partial charge in [-0.2, -0.15) is 0 Å². The first kappa shape index (κ1) is 16.2. The lowest BCUT2D eigenvalue weighted by Crippen LogP contribution is -2.46. The van der Waals surface area contributed by atoms with Crippen molar-refractivity contribution >= 4 is 24.2 Å². The van der Waals surface area contributed by atoms with Gasteiger partial charge in [-0.3, -0.25) is 9.59 Å². The number of likely N-dealkylation sites (tertiary alicyclic amines) is 1. The van der Waals surface area contributed by atoms with Gasteiger partial charge in [0.25, 0.3) is 0 Å². The maximum absolute atomic E-state index is 11.9. The van der Waals surface area contributed by atoms with Crippen LogP contribution >= 0.6 is 12.4 Å². The standard InChI is InChI=1S/C11H21N3O2.ClH/c1-8-3-2-5-14(6-4-8)11(16)9(12)7-10(13)15;/h8-9H,2-7,12H2,1H3,(H2,13,15);1H. The van der Waals surface area contributed by atoms with Crippen molar-refractivity contribution in [1.29, 1.82) is 0 Å². The molecule has 0 aromatic heterocycles. The molecule has 1 heterocycles. The number of nitrogens with zero attached hydrogens (tertiary/aromatic N) is 1. The topological polar surface area (TPSA) is 89.4 Å². The second-order valence-electron chi connectivity index (χ2n) is 4.64. The van der Waals surface area contributed by atoms with Crippen LogP contribution in [0.4, 0.5) is 0 Å². The van der Waals surface area contributed by atoms with E-state index in [-0.39, 0.29) is 24.7 Å². The average molecular weight is 264 g/mol. The molecule has 1 fully saturated rings. The van der Waals surface area contributed by atoms with Crippen molar-refractivity contribution in [2.75, 3.05) is 13.1 Å². The third-order valence-electron chi connectivity index (χ3n) is 3.07. The van der Waals surface area contributed by atoms with Crippen LogP contribution in [-0.2, 0) is 9.59 Å². The van der Waals surface area contributed by atoms with E-state index < -0.39 is 11.9 Å². The minimum Gasteiger partial charge on any atom is -0.370 e. The second kappa shape index (κ2) is 7.50. The van der Waals surface area contributed by atoms with E-state index in [1.54, 1.807) is 4.90 Å². The Hall–Kier alpha value is -0.810. The van der Waals surface area contributed by atoms with Crippen LogP contribution in [0, 0.1) is 5.92 Å². The zero-order valence-electron chi connectivity index (χ0n) is 10.2. The summed E-state index contributed by atoms with van der Waals surface area (Å²) in [5.74, 6) is -0.0119. The monoisotopic (exact) mass is 263 g/mol. The number of hydrogen-bond acceptors (Lipinski definition) is 3. The smallest absolute Gasteiger partial charge is 0.240 e. The summed E-state index contributed by atoms with van der Waals surface area (Å²) in [5.41, 5.74) is 10.7. The normalized spacial score (nSPS) is 22.2. The van der Waals surface area contributed by atoms with E-state index in [0.717, 1.165) is 32.4 Å². The second-order valence-corrected chi connectivity index (χ2v) is 4.64. The molecule has 2 unspecified atom stereocenters. The summed E-state index contributed by atoms with van der Waals surface area (Å²) in [6.07, 6.45) is 3.10. The zero-order valence-corrected chi connectivity index (χ0v) is 11.0. The van der Waals surface area contributed by atoms with Gasteiger partial charge in [0.1, 0.15) is 0 Å². The van der Waals surface area contributed by atoms with E-state index in [4.69, 9.17) is 11.5 Å². The molecule has 0 spiro atoms. The van der Waals surface area contributed by atoms with Crippen molar-refractivity contribution in [3.63, 3.8) is 0 Å². The van der Waals surface area contributed by atoms with Gasteiger partial charge in [-0.1, -0.05) is 6.92 Å². The molecule has 1 rings (SSSR count). The van der Waals surface area contributed by atoms with Gasteiger partial charge in [-0.05, 0) is 25.2 Å². The van der Waals surface area contributed by atoms with E-state index in [1.807, 2.05) is 0 Å². The molecule has 0 aromatic carbocycles. The van der Waals surface area contributed by atoms with Gasteiger partial charge < -0.3 is 16.4 Å². The van der Waals surface area contributed by atoms with Crippen LogP contribution in [0.15, 0.2) is 0 Å². The molecular formula is C11H22ClN3O2. The molecule has 0 saturated carbocycles.